The van der Waals surface area contributed by atoms with E-state index >= 15 is 0 Å². The van der Waals surface area contributed by atoms with E-state index in [9.17, 15) is 4.79 Å². The Bertz CT molecular complexity index is 569. The second-order valence-corrected chi connectivity index (χ2v) is 6.92. The third kappa shape index (κ3) is 3.61. The number of anilines is 2. The second kappa shape index (κ2) is 6.93. The highest BCUT2D eigenvalue weighted by Gasteiger charge is 2.31. The number of morpholine rings is 1. The molecule has 2 aliphatic heterocycles. The third-order valence-corrected chi connectivity index (χ3v) is 5.01. The lowest BCUT2D eigenvalue weighted by Crippen LogP contribution is -2.44. The van der Waals surface area contributed by atoms with Crippen LogP contribution >= 0.6 is 0 Å². The van der Waals surface area contributed by atoms with Crippen LogP contribution in [0.5, 0.6) is 0 Å². The molecule has 1 aromatic heterocycles. The van der Waals surface area contributed by atoms with Gasteiger partial charge in [0.25, 0.3) is 0 Å². The van der Waals surface area contributed by atoms with E-state index in [1.807, 2.05) is 12.1 Å². The summed E-state index contributed by atoms with van der Waals surface area (Å²) >= 11 is 0. The smallest absolute Gasteiger partial charge is 0.225 e. The van der Waals surface area contributed by atoms with E-state index in [-0.39, 0.29) is 11.8 Å². The minimum Gasteiger partial charge on any atom is -0.378 e. The predicted octanol–water partition coefficient (Wildman–Crippen LogP) is 0.808. The molecule has 2 saturated heterocycles. The Kier molecular flexibility index (Phi) is 4.51. The fourth-order valence-corrected chi connectivity index (χ4v) is 3.39. The molecule has 3 aliphatic rings. The molecule has 1 saturated carbocycles. The Hall–Kier alpha value is -1.89. The Morgan fingerprint density at radius 2 is 1.75 bits per heavy atom. The molecule has 0 spiro atoms. The van der Waals surface area contributed by atoms with Crippen molar-refractivity contribution in [1.82, 2.24) is 15.5 Å². The van der Waals surface area contributed by atoms with Crippen LogP contribution in [0.15, 0.2) is 12.1 Å². The van der Waals surface area contributed by atoms with Crippen molar-refractivity contribution in [3.63, 3.8) is 0 Å². The number of piperidine rings is 1. The van der Waals surface area contributed by atoms with Gasteiger partial charge in [0.05, 0.1) is 19.1 Å². The van der Waals surface area contributed by atoms with Crippen molar-refractivity contribution in [1.29, 1.82) is 0 Å². The van der Waals surface area contributed by atoms with E-state index in [0.717, 1.165) is 76.7 Å². The fourth-order valence-electron chi connectivity index (χ4n) is 3.39. The highest BCUT2D eigenvalue weighted by molar-refractivity contribution is 5.80. The molecule has 4 rings (SSSR count). The molecular weight excluding hydrogens is 306 g/mol. The lowest BCUT2D eigenvalue weighted by atomic mass is 9.97. The molecule has 1 N–H and O–H groups in total. The van der Waals surface area contributed by atoms with Gasteiger partial charge in [-0.25, -0.2) is 0 Å². The molecule has 130 valence electrons. The van der Waals surface area contributed by atoms with Crippen molar-refractivity contribution in [2.45, 2.75) is 31.7 Å². The number of rotatable bonds is 4. The third-order valence-electron chi connectivity index (χ3n) is 5.01. The first-order chi connectivity index (χ1) is 11.8. The van der Waals surface area contributed by atoms with Crippen LogP contribution in [0.2, 0.25) is 0 Å². The van der Waals surface area contributed by atoms with Gasteiger partial charge in [0, 0.05) is 32.2 Å². The normalized spacial score (nSPS) is 24.8. The van der Waals surface area contributed by atoms with Crippen molar-refractivity contribution in [2.75, 3.05) is 49.2 Å². The number of carbonyl (C=O) groups is 1. The maximum absolute atomic E-state index is 12.3. The van der Waals surface area contributed by atoms with Crippen LogP contribution in [0.25, 0.3) is 0 Å². The Morgan fingerprint density at radius 3 is 2.42 bits per heavy atom. The van der Waals surface area contributed by atoms with E-state index in [4.69, 9.17) is 4.74 Å². The molecule has 3 heterocycles. The molecule has 1 aromatic rings. The number of ether oxygens (including phenoxy) is 1. The van der Waals surface area contributed by atoms with Gasteiger partial charge in [0.15, 0.2) is 11.6 Å². The van der Waals surface area contributed by atoms with Crippen LogP contribution in [0.3, 0.4) is 0 Å². The SMILES string of the molecule is O=C(NC1CC1)C1CCCN(c2ccc(N3CCOCC3)nn2)C1. The highest BCUT2D eigenvalue weighted by Crippen LogP contribution is 2.25. The molecule has 7 nitrogen and oxygen atoms in total. The molecule has 24 heavy (non-hydrogen) atoms. The molecule has 1 unspecified atom stereocenters. The summed E-state index contributed by atoms with van der Waals surface area (Å²) in [5.74, 6) is 2.05. The van der Waals surface area contributed by atoms with E-state index in [1.165, 1.54) is 0 Å². The molecule has 7 heteroatoms. The van der Waals surface area contributed by atoms with E-state index < -0.39 is 0 Å². The summed E-state index contributed by atoms with van der Waals surface area (Å²) in [7, 11) is 0. The molecule has 3 fully saturated rings. The largest absolute Gasteiger partial charge is 0.378 e. The number of aromatic nitrogens is 2. The number of nitrogens with one attached hydrogen (secondary N) is 1. The van der Waals surface area contributed by atoms with Crippen molar-refractivity contribution in [3.05, 3.63) is 12.1 Å². The molecule has 0 bridgehead atoms. The van der Waals surface area contributed by atoms with Crippen molar-refractivity contribution in [2.24, 2.45) is 5.92 Å². The van der Waals surface area contributed by atoms with Crippen LogP contribution in [0.1, 0.15) is 25.7 Å². The Labute approximate surface area is 142 Å². The Morgan fingerprint density at radius 1 is 1.04 bits per heavy atom. The summed E-state index contributed by atoms with van der Waals surface area (Å²) in [6.07, 6.45) is 4.26. The number of nitrogens with zero attached hydrogens (tertiary/aromatic N) is 4. The summed E-state index contributed by atoms with van der Waals surface area (Å²) in [4.78, 5) is 16.7. The zero-order valence-electron chi connectivity index (χ0n) is 14.0. The summed E-state index contributed by atoms with van der Waals surface area (Å²) in [6, 6.07) is 4.49. The van der Waals surface area contributed by atoms with E-state index in [1.54, 1.807) is 0 Å². The lowest BCUT2D eigenvalue weighted by Gasteiger charge is -2.33. The topological polar surface area (TPSA) is 70.6 Å². The average Bonchev–Trinajstić information content (AvgIpc) is 3.47. The number of carbonyl (C=O) groups excluding carboxylic acids is 1. The van der Waals surface area contributed by atoms with Crippen LogP contribution in [0, 0.1) is 5.92 Å². The maximum Gasteiger partial charge on any atom is 0.225 e. The molecule has 1 amide bonds. The summed E-state index contributed by atoms with van der Waals surface area (Å²) in [5.41, 5.74) is 0. The first kappa shape index (κ1) is 15.6. The first-order valence-electron chi connectivity index (χ1n) is 9.01. The van der Waals surface area contributed by atoms with Gasteiger partial charge >= 0.3 is 0 Å². The zero-order chi connectivity index (χ0) is 16.4. The lowest BCUT2D eigenvalue weighted by molar-refractivity contribution is -0.125. The van der Waals surface area contributed by atoms with Crippen LogP contribution < -0.4 is 15.1 Å². The van der Waals surface area contributed by atoms with Gasteiger partial charge in [0.1, 0.15) is 0 Å². The molecule has 1 atom stereocenters. The van der Waals surface area contributed by atoms with Gasteiger partial charge in [-0.3, -0.25) is 4.79 Å². The molecular formula is C17H25N5O2. The van der Waals surface area contributed by atoms with Crippen molar-refractivity contribution < 1.29 is 9.53 Å². The molecule has 0 radical (unpaired) electrons. The monoisotopic (exact) mass is 331 g/mol. The minimum atomic E-state index is 0.0695. The average molecular weight is 331 g/mol. The van der Waals surface area contributed by atoms with Gasteiger partial charge in [-0.15, -0.1) is 10.2 Å². The van der Waals surface area contributed by atoms with Crippen LogP contribution in [0.4, 0.5) is 11.6 Å². The van der Waals surface area contributed by atoms with E-state index in [2.05, 4.69) is 25.3 Å². The van der Waals surface area contributed by atoms with Crippen LogP contribution in [-0.2, 0) is 9.53 Å². The summed E-state index contributed by atoms with van der Waals surface area (Å²) in [5, 5.41) is 11.9. The van der Waals surface area contributed by atoms with Gasteiger partial charge < -0.3 is 19.9 Å². The van der Waals surface area contributed by atoms with Crippen molar-refractivity contribution in [3.8, 4) is 0 Å². The number of hydrogen-bond donors (Lipinski definition) is 1. The Balaban J connectivity index is 1.38. The quantitative estimate of drug-likeness (QED) is 0.880. The van der Waals surface area contributed by atoms with Crippen LogP contribution in [-0.4, -0.2) is 61.5 Å². The fraction of sp³-hybridized carbons (Fsp3) is 0.706. The molecule has 0 aromatic carbocycles. The molecule has 1 aliphatic carbocycles. The standard InChI is InChI=1S/C17H25N5O2/c23-17(18-14-3-4-14)13-2-1-7-22(12-13)16-6-5-15(19-20-16)21-8-10-24-11-9-21/h5-6,13-14H,1-4,7-12H2,(H,18,23). The summed E-state index contributed by atoms with van der Waals surface area (Å²) < 4.78 is 5.37. The summed E-state index contributed by atoms with van der Waals surface area (Å²) in [6.45, 7) is 4.89. The number of amides is 1. The maximum atomic E-state index is 12.3. The van der Waals surface area contributed by atoms with Gasteiger partial charge in [-0.1, -0.05) is 0 Å². The minimum absolute atomic E-state index is 0.0695. The highest BCUT2D eigenvalue weighted by atomic mass is 16.5. The second-order valence-electron chi connectivity index (χ2n) is 6.92. The predicted molar refractivity (Wildman–Crippen MR) is 91.2 cm³/mol. The van der Waals surface area contributed by atoms with Gasteiger partial charge in [-0.05, 0) is 37.8 Å². The van der Waals surface area contributed by atoms with Crippen molar-refractivity contribution >= 4 is 17.5 Å². The van der Waals surface area contributed by atoms with E-state index in [0.29, 0.717) is 6.04 Å². The van der Waals surface area contributed by atoms with Gasteiger partial charge in [0.2, 0.25) is 5.91 Å². The first-order valence-corrected chi connectivity index (χ1v) is 9.01. The number of hydrogen-bond acceptors (Lipinski definition) is 6. The zero-order valence-corrected chi connectivity index (χ0v) is 14.0. The van der Waals surface area contributed by atoms with Gasteiger partial charge in [-0.2, -0.15) is 0 Å².